The van der Waals surface area contributed by atoms with Crippen molar-refractivity contribution in [1.82, 2.24) is 14.8 Å². The Bertz CT molecular complexity index is 726. The molecule has 0 aliphatic carbocycles. The lowest BCUT2D eigenvalue weighted by Crippen LogP contribution is -2.33. The molecule has 6 nitrogen and oxygen atoms in total. The van der Waals surface area contributed by atoms with Gasteiger partial charge < -0.3 is 5.11 Å². The number of aliphatic hydroxyl groups excluding tert-OH is 1. The van der Waals surface area contributed by atoms with Gasteiger partial charge in [0.1, 0.15) is 5.82 Å². The lowest BCUT2D eigenvalue weighted by atomic mass is 10.2. The first-order chi connectivity index (χ1) is 8.99. The Morgan fingerprint density at radius 2 is 2.16 bits per heavy atom. The summed E-state index contributed by atoms with van der Waals surface area (Å²) in [7, 11) is 1.52. The van der Waals surface area contributed by atoms with Crippen LogP contribution in [-0.2, 0) is 13.7 Å². The molecule has 1 aromatic carbocycles. The van der Waals surface area contributed by atoms with Crippen LogP contribution < -0.4 is 11.1 Å². The molecule has 0 amide bonds. The summed E-state index contributed by atoms with van der Waals surface area (Å²) in [6.45, 7) is -0.288. The van der Waals surface area contributed by atoms with E-state index in [1.165, 1.54) is 23.9 Å². The Morgan fingerprint density at radius 3 is 2.84 bits per heavy atom. The van der Waals surface area contributed by atoms with Crippen LogP contribution in [0.25, 0.3) is 0 Å². The summed E-state index contributed by atoms with van der Waals surface area (Å²) < 4.78 is 14.6. The Morgan fingerprint density at radius 1 is 1.42 bits per heavy atom. The zero-order valence-corrected chi connectivity index (χ0v) is 10.7. The topological polar surface area (TPSA) is 88.0 Å². The first kappa shape index (κ1) is 13.5. The number of aryl methyl sites for hydroxylation is 1. The molecule has 8 heteroatoms. The molecule has 0 fully saturated rings. The SMILES string of the molecule is Cn1[nH]c(=O)c(=O)nc1Sc1cc(F)cc(CO)c1. The Hall–Kier alpha value is -1.93. The van der Waals surface area contributed by atoms with Crippen molar-refractivity contribution in [3.05, 3.63) is 50.3 Å². The predicted octanol–water partition coefficient (Wildman–Crippen LogP) is 0.251. The normalized spacial score (nSPS) is 10.7. The van der Waals surface area contributed by atoms with Gasteiger partial charge in [-0.1, -0.05) is 11.8 Å². The highest BCUT2D eigenvalue weighted by Crippen LogP contribution is 2.26. The first-order valence-electron chi connectivity index (χ1n) is 5.25. The van der Waals surface area contributed by atoms with Crippen LogP contribution in [0.15, 0.2) is 37.8 Å². The Labute approximate surface area is 110 Å². The van der Waals surface area contributed by atoms with Crippen LogP contribution in [0.3, 0.4) is 0 Å². The van der Waals surface area contributed by atoms with E-state index in [4.69, 9.17) is 5.11 Å². The van der Waals surface area contributed by atoms with E-state index in [1.807, 2.05) is 0 Å². The van der Waals surface area contributed by atoms with Crippen LogP contribution in [-0.4, -0.2) is 19.9 Å². The minimum atomic E-state index is -0.903. The molecule has 2 N–H and O–H groups in total. The monoisotopic (exact) mass is 283 g/mol. The van der Waals surface area contributed by atoms with Gasteiger partial charge in [-0.25, -0.2) is 4.39 Å². The van der Waals surface area contributed by atoms with E-state index in [9.17, 15) is 14.0 Å². The van der Waals surface area contributed by atoms with E-state index < -0.39 is 16.9 Å². The minimum absolute atomic E-state index is 0.221. The fourth-order valence-corrected chi connectivity index (χ4v) is 2.33. The molecule has 100 valence electrons. The predicted molar refractivity (Wildman–Crippen MR) is 66.5 cm³/mol. The smallest absolute Gasteiger partial charge is 0.339 e. The second-order valence-electron chi connectivity index (χ2n) is 3.75. The first-order valence-corrected chi connectivity index (χ1v) is 6.07. The van der Waals surface area contributed by atoms with Crippen LogP contribution in [0, 0.1) is 5.82 Å². The number of H-pyrrole nitrogens is 1. The van der Waals surface area contributed by atoms with E-state index in [0.29, 0.717) is 10.5 Å². The van der Waals surface area contributed by atoms with Gasteiger partial charge >= 0.3 is 11.1 Å². The summed E-state index contributed by atoms with van der Waals surface area (Å²) in [5.41, 5.74) is -1.31. The van der Waals surface area contributed by atoms with Gasteiger partial charge in [0.2, 0.25) is 0 Å². The summed E-state index contributed by atoms with van der Waals surface area (Å²) in [4.78, 5) is 26.3. The van der Waals surface area contributed by atoms with E-state index in [0.717, 1.165) is 11.8 Å². The highest BCUT2D eigenvalue weighted by Gasteiger charge is 2.08. The number of aliphatic hydroxyl groups is 1. The van der Waals surface area contributed by atoms with Gasteiger partial charge in [-0.05, 0) is 23.8 Å². The van der Waals surface area contributed by atoms with E-state index >= 15 is 0 Å². The van der Waals surface area contributed by atoms with Gasteiger partial charge in [0.15, 0.2) is 5.16 Å². The number of hydrogen-bond donors (Lipinski definition) is 2. The quantitative estimate of drug-likeness (QED) is 0.788. The molecule has 0 atom stereocenters. The zero-order chi connectivity index (χ0) is 14.0. The molecule has 2 aromatic rings. The molecule has 1 heterocycles. The molecule has 19 heavy (non-hydrogen) atoms. The van der Waals surface area contributed by atoms with E-state index in [1.54, 1.807) is 6.07 Å². The van der Waals surface area contributed by atoms with Crippen molar-refractivity contribution in [1.29, 1.82) is 0 Å². The van der Waals surface area contributed by atoms with Crippen molar-refractivity contribution >= 4 is 11.8 Å². The molecule has 1 aromatic heterocycles. The molecule has 0 saturated heterocycles. The average molecular weight is 283 g/mol. The van der Waals surface area contributed by atoms with Crippen LogP contribution in [0.2, 0.25) is 0 Å². The van der Waals surface area contributed by atoms with Crippen molar-refractivity contribution in [3.8, 4) is 0 Å². The number of nitrogens with one attached hydrogen (secondary N) is 1. The maximum Gasteiger partial charge on any atom is 0.339 e. The maximum absolute atomic E-state index is 13.3. The van der Waals surface area contributed by atoms with Gasteiger partial charge in [-0.15, -0.1) is 0 Å². The fraction of sp³-hybridized carbons (Fsp3) is 0.182. The van der Waals surface area contributed by atoms with Crippen LogP contribution >= 0.6 is 11.8 Å². The zero-order valence-electron chi connectivity index (χ0n) is 9.88. The van der Waals surface area contributed by atoms with Gasteiger partial charge in [0.05, 0.1) is 6.61 Å². The second kappa shape index (κ2) is 5.37. The molecule has 0 aliphatic heterocycles. The summed E-state index contributed by atoms with van der Waals surface area (Å²) in [6, 6.07) is 4.04. The van der Waals surface area contributed by atoms with Crippen LogP contribution in [0.5, 0.6) is 0 Å². The second-order valence-corrected chi connectivity index (χ2v) is 4.80. The summed E-state index contributed by atoms with van der Waals surface area (Å²) in [6.07, 6.45) is 0. The minimum Gasteiger partial charge on any atom is -0.392 e. The van der Waals surface area contributed by atoms with Gasteiger partial charge in [0, 0.05) is 11.9 Å². The third-order valence-electron chi connectivity index (χ3n) is 2.27. The van der Waals surface area contributed by atoms with E-state index in [2.05, 4.69) is 10.1 Å². The number of hydrogen-bond acceptors (Lipinski definition) is 5. The molecular weight excluding hydrogens is 273 g/mol. The van der Waals surface area contributed by atoms with Crippen LogP contribution in [0.4, 0.5) is 4.39 Å². The molecule has 2 rings (SSSR count). The lowest BCUT2D eigenvalue weighted by molar-refractivity contribution is 0.281. The molecule has 0 radical (unpaired) electrons. The van der Waals surface area contributed by atoms with Crippen molar-refractivity contribution in [2.75, 3.05) is 0 Å². The van der Waals surface area contributed by atoms with Crippen molar-refractivity contribution in [2.45, 2.75) is 16.7 Å². The standard InChI is InChI=1S/C11H10FN3O3S/c1-15-11(13-9(17)10(18)14-15)19-8-3-6(5-16)2-7(12)4-8/h2-4,16H,5H2,1H3,(H,14,18). The highest BCUT2D eigenvalue weighted by molar-refractivity contribution is 7.99. The number of nitrogens with zero attached hydrogens (tertiary/aromatic N) is 2. The largest absolute Gasteiger partial charge is 0.392 e. The number of rotatable bonds is 3. The molecule has 0 aliphatic rings. The molecular formula is C11H10FN3O3S. The fourth-order valence-electron chi connectivity index (χ4n) is 1.43. The lowest BCUT2D eigenvalue weighted by Gasteiger charge is -2.07. The van der Waals surface area contributed by atoms with Gasteiger partial charge in [-0.2, -0.15) is 4.98 Å². The molecule has 0 unspecified atom stereocenters. The number of benzene rings is 1. The van der Waals surface area contributed by atoms with Gasteiger partial charge in [-0.3, -0.25) is 19.4 Å². The van der Waals surface area contributed by atoms with Crippen molar-refractivity contribution < 1.29 is 9.50 Å². The van der Waals surface area contributed by atoms with Crippen molar-refractivity contribution in [2.24, 2.45) is 7.05 Å². The Balaban J connectivity index is 2.41. The highest BCUT2D eigenvalue weighted by atomic mass is 32.2. The summed E-state index contributed by atoms with van der Waals surface area (Å²) in [5.74, 6) is -0.497. The Kier molecular flexibility index (Phi) is 3.82. The maximum atomic E-state index is 13.3. The number of aromatic amines is 1. The third-order valence-corrected chi connectivity index (χ3v) is 3.29. The summed E-state index contributed by atoms with van der Waals surface area (Å²) >= 11 is 1.01. The third kappa shape index (κ3) is 3.09. The van der Waals surface area contributed by atoms with Crippen LogP contribution in [0.1, 0.15) is 5.56 Å². The number of halogens is 1. The molecule has 0 spiro atoms. The van der Waals surface area contributed by atoms with Gasteiger partial charge in [0.25, 0.3) is 0 Å². The average Bonchev–Trinajstić information content (AvgIpc) is 2.35. The summed E-state index contributed by atoms with van der Waals surface area (Å²) in [5, 5.41) is 11.5. The molecule has 0 saturated carbocycles. The van der Waals surface area contributed by atoms with Crippen molar-refractivity contribution in [3.63, 3.8) is 0 Å². The number of aromatic nitrogens is 3. The molecule has 0 bridgehead atoms. The van der Waals surface area contributed by atoms with E-state index in [-0.39, 0.29) is 11.8 Å².